The molecule has 4 heterocycles. The molecule has 0 unspecified atom stereocenters. The zero-order chi connectivity index (χ0) is 27.7. The molecule has 0 radical (unpaired) electrons. The summed E-state index contributed by atoms with van der Waals surface area (Å²) in [4.78, 5) is 36.2. The van der Waals surface area contributed by atoms with E-state index in [-0.39, 0.29) is 18.0 Å². The quantitative estimate of drug-likeness (QED) is 0.301. The number of pyridine rings is 2. The average molecular weight is 526 g/mol. The molecule has 1 amide bonds. The largest absolute Gasteiger partial charge is 0.357 e. The zero-order valence-electron chi connectivity index (χ0n) is 23.7. The number of anilines is 1. The van der Waals surface area contributed by atoms with Gasteiger partial charge in [0.15, 0.2) is 0 Å². The molecule has 0 aliphatic carbocycles. The third-order valence-corrected chi connectivity index (χ3v) is 8.11. The number of amides is 1. The summed E-state index contributed by atoms with van der Waals surface area (Å²) < 4.78 is 2.27. The smallest absolute Gasteiger partial charge is 0.253 e. The van der Waals surface area contributed by atoms with Gasteiger partial charge in [-0.25, -0.2) is 4.98 Å². The first kappa shape index (κ1) is 26.7. The highest BCUT2D eigenvalue weighted by Gasteiger charge is 2.20. The van der Waals surface area contributed by atoms with E-state index in [1.807, 2.05) is 32.2 Å². The fourth-order valence-corrected chi connectivity index (χ4v) is 5.73. The summed E-state index contributed by atoms with van der Waals surface area (Å²) in [5.74, 6) is 0.819. The summed E-state index contributed by atoms with van der Waals surface area (Å²) in [5.41, 5.74) is 6.74. The Hall–Kier alpha value is -3.87. The lowest BCUT2D eigenvalue weighted by molar-refractivity contribution is 0.0952. The van der Waals surface area contributed by atoms with E-state index in [1.54, 1.807) is 0 Å². The van der Waals surface area contributed by atoms with Crippen molar-refractivity contribution in [2.24, 2.45) is 0 Å². The van der Waals surface area contributed by atoms with Crippen molar-refractivity contribution < 1.29 is 4.79 Å². The van der Waals surface area contributed by atoms with Gasteiger partial charge in [-0.05, 0) is 100 Å². The number of aromatic nitrogens is 3. The minimum Gasteiger partial charge on any atom is -0.357 e. The Kier molecular flexibility index (Phi) is 7.60. The Morgan fingerprint density at radius 2 is 1.82 bits per heavy atom. The summed E-state index contributed by atoms with van der Waals surface area (Å²) in [7, 11) is 0. The predicted octanol–water partition coefficient (Wildman–Crippen LogP) is 6.21. The minimum absolute atomic E-state index is 0.161. The van der Waals surface area contributed by atoms with Crippen LogP contribution in [-0.2, 0) is 6.54 Å². The average Bonchev–Trinajstić information content (AvgIpc) is 3.28. The summed E-state index contributed by atoms with van der Waals surface area (Å²) in [6, 6.07) is 10.6. The highest BCUT2D eigenvalue weighted by Crippen LogP contribution is 2.34. The van der Waals surface area contributed by atoms with Crippen molar-refractivity contribution in [2.45, 2.75) is 72.9 Å². The van der Waals surface area contributed by atoms with Crippen LogP contribution in [0.25, 0.3) is 22.0 Å². The molecule has 0 bridgehead atoms. The van der Waals surface area contributed by atoms with Crippen molar-refractivity contribution in [3.63, 3.8) is 0 Å². The van der Waals surface area contributed by atoms with Crippen molar-refractivity contribution >= 4 is 22.6 Å². The molecule has 0 saturated carbocycles. The van der Waals surface area contributed by atoms with Gasteiger partial charge < -0.3 is 19.8 Å². The van der Waals surface area contributed by atoms with Gasteiger partial charge in [-0.3, -0.25) is 9.59 Å². The molecule has 0 spiro atoms. The maximum atomic E-state index is 13.7. The number of carbonyl (C=O) groups excluding carboxylic acids is 1. The first-order valence-corrected chi connectivity index (χ1v) is 14.1. The van der Waals surface area contributed by atoms with Gasteiger partial charge in [-0.15, -0.1) is 0 Å². The Morgan fingerprint density at radius 3 is 2.49 bits per heavy atom. The highest BCUT2D eigenvalue weighted by molar-refractivity contribution is 6.09. The molecular formula is C32H39N5O2. The summed E-state index contributed by atoms with van der Waals surface area (Å²) in [5, 5.41) is 3.98. The monoisotopic (exact) mass is 525 g/mol. The van der Waals surface area contributed by atoms with Crippen molar-refractivity contribution in [1.29, 1.82) is 0 Å². The number of H-pyrrole nitrogens is 1. The molecule has 1 fully saturated rings. The second-order valence-corrected chi connectivity index (χ2v) is 11.0. The van der Waals surface area contributed by atoms with E-state index in [0.29, 0.717) is 17.2 Å². The summed E-state index contributed by atoms with van der Waals surface area (Å²) in [6.45, 7) is 12.5. The molecule has 4 aromatic rings. The number of carbonyl (C=O) groups is 1. The van der Waals surface area contributed by atoms with Gasteiger partial charge in [-0.2, -0.15) is 0 Å². The number of hydrogen-bond donors (Lipinski definition) is 2. The third kappa shape index (κ3) is 5.35. The lowest BCUT2D eigenvalue weighted by Gasteiger charge is -2.27. The van der Waals surface area contributed by atoms with Gasteiger partial charge in [0, 0.05) is 71.4 Å². The molecular weight excluding hydrogens is 486 g/mol. The van der Waals surface area contributed by atoms with E-state index in [2.05, 4.69) is 64.9 Å². The van der Waals surface area contributed by atoms with Crippen LogP contribution >= 0.6 is 0 Å². The topological polar surface area (TPSA) is 83.0 Å². The first-order valence-electron chi connectivity index (χ1n) is 14.1. The van der Waals surface area contributed by atoms with Crippen LogP contribution in [0.2, 0.25) is 0 Å². The second kappa shape index (κ2) is 11.1. The van der Waals surface area contributed by atoms with Crippen LogP contribution in [0.5, 0.6) is 0 Å². The van der Waals surface area contributed by atoms with Crippen LogP contribution in [0, 0.1) is 20.8 Å². The number of nitrogens with one attached hydrogen (secondary N) is 2. The van der Waals surface area contributed by atoms with Gasteiger partial charge in [0.25, 0.3) is 11.5 Å². The SMILES string of the molecule is CC[C@H](C)n1cc(C)c2c(C(=O)NCc3c(C)cc(C)[nH]c3=O)cc(-c3ccc(N4CCCCC4)nc3)cc21. The van der Waals surface area contributed by atoms with Crippen LogP contribution in [0.15, 0.2) is 47.5 Å². The van der Waals surface area contributed by atoms with Crippen molar-refractivity contribution in [3.8, 4) is 11.1 Å². The summed E-state index contributed by atoms with van der Waals surface area (Å²) >= 11 is 0. The number of aryl methyl sites for hydroxylation is 3. The van der Waals surface area contributed by atoms with Gasteiger partial charge in [0.1, 0.15) is 5.82 Å². The van der Waals surface area contributed by atoms with E-state index < -0.39 is 0 Å². The van der Waals surface area contributed by atoms with Crippen LogP contribution in [-0.4, -0.2) is 33.5 Å². The molecule has 204 valence electrons. The summed E-state index contributed by atoms with van der Waals surface area (Å²) in [6.07, 6.45) is 8.75. The van der Waals surface area contributed by atoms with Crippen LogP contribution in [0.4, 0.5) is 5.82 Å². The molecule has 3 aromatic heterocycles. The minimum atomic E-state index is -0.191. The zero-order valence-corrected chi connectivity index (χ0v) is 23.7. The van der Waals surface area contributed by atoms with E-state index in [1.165, 1.54) is 19.3 Å². The van der Waals surface area contributed by atoms with Crippen molar-refractivity contribution in [3.05, 3.63) is 81.0 Å². The van der Waals surface area contributed by atoms with Crippen LogP contribution in [0.1, 0.15) is 78.3 Å². The molecule has 2 N–H and O–H groups in total. The molecule has 1 saturated heterocycles. The Morgan fingerprint density at radius 1 is 1.05 bits per heavy atom. The Labute approximate surface area is 230 Å². The van der Waals surface area contributed by atoms with Crippen molar-refractivity contribution in [1.82, 2.24) is 19.9 Å². The molecule has 1 atom stereocenters. The fraction of sp³-hybridized carbons (Fsp3) is 0.406. The first-order chi connectivity index (χ1) is 18.8. The van der Waals surface area contributed by atoms with Gasteiger partial charge in [0.2, 0.25) is 0 Å². The molecule has 1 aliphatic rings. The van der Waals surface area contributed by atoms with E-state index in [4.69, 9.17) is 4.98 Å². The third-order valence-electron chi connectivity index (χ3n) is 8.11. The van der Waals surface area contributed by atoms with E-state index >= 15 is 0 Å². The molecule has 39 heavy (non-hydrogen) atoms. The Balaban J connectivity index is 1.54. The van der Waals surface area contributed by atoms with E-state index in [9.17, 15) is 9.59 Å². The molecule has 5 rings (SSSR count). The van der Waals surface area contributed by atoms with Gasteiger partial charge >= 0.3 is 0 Å². The second-order valence-electron chi connectivity index (χ2n) is 11.0. The lowest BCUT2D eigenvalue weighted by atomic mass is 9.98. The van der Waals surface area contributed by atoms with Gasteiger partial charge in [-0.1, -0.05) is 6.92 Å². The van der Waals surface area contributed by atoms with E-state index in [0.717, 1.165) is 64.2 Å². The number of rotatable bonds is 7. The predicted molar refractivity (Wildman–Crippen MR) is 159 cm³/mol. The lowest BCUT2D eigenvalue weighted by Crippen LogP contribution is -2.29. The van der Waals surface area contributed by atoms with Crippen molar-refractivity contribution in [2.75, 3.05) is 18.0 Å². The molecule has 1 aliphatic heterocycles. The number of piperidine rings is 1. The Bertz CT molecular complexity index is 1560. The number of nitrogens with zero attached hydrogens (tertiary/aromatic N) is 3. The maximum Gasteiger partial charge on any atom is 0.253 e. The number of hydrogen-bond acceptors (Lipinski definition) is 4. The number of benzene rings is 1. The van der Waals surface area contributed by atoms with Crippen LogP contribution in [0.3, 0.4) is 0 Å². The maximum absolute atomic E-state index is 13.7. The van der Waals surface area contributed by atoms with Crippen LogP contribution < -0.4 is 15.8 Å². The molecule has 7 heteroatoms. The normalized spacial score (nSPS) is 14.5. The number of fused-ring (bicyclic) bond motifs is 1. The standard InChI is InChI=1S/C32H39N5O2/c1-6-23(5)37-19-21(3)30-26(31(38)34-18-27-20(2)14-22(4)35-32(27)39)15-25(16-28(30)37)24-10-11-29(33-17-24)36-12-8-7-9-13-36/h10-11,14-17,19,23H,6-9,12-13,18H2,1-5H3,(H,34,38)(H,35,39)/t23-/m0/s1. The van der Waals surface area contributed by atoms with Gasteiger partial charge in [0.05, 0.1) is 0 Å². The fourth-order valence-electron chi connectivity index (χ4n) is 5.73. The molecule has 1 aromatic carbocycles. The number of aromatic amines is 1. The highest BCUT2D eigenvalue weighted by atomic mass is 16.1. The molecule has 7 nitrogen and oxygen atoms in total.